The summed E-state index contributed by atoms with van der Waals surface area (Å²) < 4.78 is 4.73. The topological polar surface area (TPSA) is 89.6 Å². The van der Waals surface area contributed by atoms with Crippen molar-refractivity contribution in [2.45, 2.75) is 6.92 Å². The number of hydrogen-bond acceptors (Lipinski definition) is 4. The smallest absolute Gasteiger partial charge is 0.340 e. The van der Waals surface area contributed by atoms with Crippen LogP contribution in [0.4, 0.5) is 5.69 Å². The standard InChI is InChI=1S/C10H11NO4/c1-2-15-10(14)7-5-3-4-6(8(7)11)9(12)13/h3-5H,2,11H2,1H3,(H,12,13). The van der Waals surface area contributed by atoms with Gasteiger partial charge in [0, 0.05) is 0 Å². The first-order valence-corrected chi connectivity index (χ1v) is 4.36. The molecule has 1 aromatic rings. The molecule has 0 fully saturated rings. The molecular formula is C10H11NO4. The summed E-state index contributed by atoms with van der Waals surface area (Å²) in [5.74, 6) is -1.78. The molecule has 0 radical (unpaired) electrons. The molecular weight excluding hydrogens is 198 g/mol. The fourth-order valence-corrected chi connectivity index (χ4v) is 1.14. The molecule has 5 nitrogen and oxygen atoms in total. The van der Waals surface area contributed by atoms with Gasteiger partial charge in [-0.05, 0) is 19.1 Å². The van der Waals surface area contributed by atoms with Gasteiger partial charge in [0.25, 0.3) is 0 Å². The van der Waals surface area contributed by atoms with Crippen molar-refractivity contribution in [1.82, 2.24) is 0 Å². The molecule has 1 rings (SSSR count). The quantitative estimate of drug-likeness (QED) is 0.575. The highest BCUT2D eigenvalue weighted by atomic mass is 16.5. The molecule has 0 spiro atoms. The van der Waals surface area contributed by atoms with Crippen LogP contribution in [0.2, 0.25) is 0 Å². The molecule has 0 atom stereocenters. The number of carbonyl (C=O) groups is 2. The van der Waals surface area contributed by atoms with E-state index >= 15 is 0 Å². The summed E-state index contributed by atoms with van der Waals surface area (Å²) in [5.41, 5.74) is 5.45. The van der Waals surface area contributed by atoms with Gasteiger partial charge in [0.05, 0.1) is 23.4 Å². The van der Waals surface area contributed by atoms with E-state index < -0.39 is 11.9 Å². The number of carbonyl (C=O) groups excluding carboxylic acids is 1. The van der Waals surface area contributed by atoms with E-state index in [9.17, 15) is 9.59 Å². The van der Waals surface area contributed by atoms with Crippen molar-refractivity contribution >= 4 is 17.6 Å². The van der Waals surface area contributed by atoms with Gasteiger partial charge in [-0.15, -0.1) is 0 Å². The molecule has 0 amide bonds. The average Bonchev–Trinajstić information content (AvgIpc) is 2.17. The van der Waals surface area contributed by atoms with E-state index in [-0.39, 0.29) is 23.4 Å². The molecule has 0 unspecified atom stereocenters. The summed E-state index contributed by atoms with van der Waals surface area (Å²) in [7, 11) is 0. The third-order valence-corrected chi connectivity index (χ3v) is 1.83. The summed E-state index contributed by atoms with van der Waals surface area (Å²) in [6, 6.07) is 4.21. The number of benzene rings is 1. The van der Waals surface area contributed by atoms with Crippen LogP contribution in [0.5, 0.6) is 0 Å². The summed E-state index contributed by atoms with van der Waals surface area (Å²) in [4.78, 5) is 22.1. The van der Waals surface area contributed by atoms with Crippen LogP contribution in [0.1, 0.15) is 27.6 Å². The predicted molar refractivity (Wildman–Crippen MR) is 53.8 cm³/mol. The molecule has 0 aliphatic rings. The number of carboxylic acids is 1. The Morgan fingerprint density at radius 3 is 2.53 bits per heavy atom. The highest BCUT2D eigenvalue weighted by Gasteiger charge is 2.16. The summed E-state index contributed by atoms with van der Waals surface area (Å²) in [6.45, 7) is 1.88. The lowest BCUT2D eigenvalue weighted by atomic mass is 10.1. The van der Waals surface area contributed by atoms with Crippen LogP contribution in [-0.2, 0) is 4.74 Å². The number of rotatable bonds is 3. The van der Waals surface area contributed by atoms with Crippen molar-refractivity contribution in [2.24, 2.45) is 0 Å². The number of ether oxygens (including phenoxy) is 1. The molecule has 0 bridgehead atoms. The minimum atomic E-state index is -1.17. The Kier molecular flexibility index (Phi) is 3.28. The van der Waals surface area contributed by atoms with Crippen LogP contribution in [0.15, 0.2) is 18.2 Å². The van der Waals surface area contributed by atoms with E-state index in [1.807, 2.05) is 0 Å². The van der Waals surface area contributed by atoms with E-state index in [1.54, 1.807) is 6.92 Å². The van der Waals surface area contributed by atoms with Crippen LogP contribution in [-0.4, -0.2) is 23.7 Å². The number of carboxylic acid groups (broad SMARTS) is 1. The Morgan fingerprint density at radius 2 is 2.00 bits per heavy atom. The van der Waals surface area contributed by atoms with Crippen LogP contribution >= 0.6 is 0 Å². The summed E-state index contributed by atoms with van der Waals surface area (Å²) >= 11 is 0. The minimum absolute atomic E-state index is 0.0662. The molecule has 0 aliphatic carbocycles. The van der Waals surface area contributed by atoms with Crippen molar-refractivity contribution in [1.29, 1.82) is 0 Å². The van der Waals surface area contributed by atoms with Gasteiger partial charge in [0.15, 0.2) is 0 Å². The Hall–Kier alpha value is -2.04. The fraction of sp³-hybridized carbons (Fsp3) is 0.200. The monoisotopic (exact) mass is 209 g/mol. The SMILES string of the molecule is CCOC(=O)c1cccc(C(=O)O)c1N. The van der Waals surface area contributed by atoms with Crippen LogP contribution < -0.4 is 5.73 Å². The first-order valence-electron chi connectivity index (χ1n) is 4.36. The molecule has 80 valence electrons. The zero-order valence-corrected chi connectivity index (χ0v) is 8.19. The lowest BCUT2D eigenvalue weighted by molar-refractivity contribution is 0.0527. The first-order chi connectivity index (χ1) is 7.07. The molecule has 15 heavy (non-hydrogen) atoms. The highest BCUT2D eigenvalue weighted by molar-refractivity contribution is 6.02. The van der Waals surface area contributed by atoms with Crippen molar-refractivity contribution in [2.75, 3.05) is 12.3 Å². The van der Waals surface area contributed by atoms with E-state index in [0.29, 0.717) is 0 Å². The van der Waals surface area contributed by atoms with Crippen LogP contribution in [0, 0.1) is 0 Å². The summed E-state index contributed by atoms with van der Waals surface area (Å²) in [5, 5.41) is 8.77. The predicted octanol–water partition coefficient (Wildman–Crippen LogP) is 1.14. The first kappa shape index (κ1) is 11.0. The van der Waals surface area contributed by atoms with E-state index in [4.69, 9.17) is 15.6 Å². The van der Waals surface area contributed by atoms with Crippen molar-refractivity contribution in [3.05, 3.63) is 29.3 Å². The number of para-hydroxylation sites is 1. The van der Waals surface area contributed by atoms with E-state index in [2.05, 4.69) is 0 Å². The van der Waals surface area contributed by atoms with E-state index in [1.165, 1.54) is 18.2 Å². The fourth-order valence-electron chi connectivity index (χ4n) is 1.14. The number of aromatic carboxylic acids is 1. The number of nitrogen functional groups attached to an aromatic ring is 1. The molecule has 1 aromatic carbocycles. The molecule has 0 aromatic heterocycles. The average molecular weight is 209 g/mol. The van der Waals surface area contributed by atoms with Crippen molar-refractivity contribution in [3.63, 3.8) is 0 Å². The Labute approximate surface area is 86.5 Å². The maximum absolute atomic E-state index is 11.3. The van der Waals surface area contributed by atoms with Crippen molar-refractivity contribution in [3.8, 4) is 0 Å². The largest absolute Gasteiger partial charge is 0.478 e. The second-order valence-corrected chi connectivity index (χ2v) is 2.79. The van der Waals surface area contributed by atoms with Gasteiger partial charge in [-0.2, -0.15) is 0 Å². The maximum Gasteiger partial charge on any atom is 0.340 e. The molecule has 0 aliphatic heterocycles. The van der Waals surface area contributed by atoms with Crippen molar-refractivity contribution < 1.29 is 19.4 Å². The van der Waals surface area contributed by atoms with Crippen LogP contribution in [0.25, 0.3) is 0 Å². The molecule has 3 N–H and O–H groups in total. The number of anilines is 1. The van der Waals surface area contributed by atoms with Gasteiger partial charge < -0.3 is 15.6 Å². The van der Waals surface area contributed by atoms with Crippen LogP contribution in [0.3, 0.4) is 0 Å². The zero-order valence-electron chi connectivity index (χ0n) is 8.19. The normalized spacial score (nSPS) is 9.67. The van der Waals surface area contributed by atoms with Gasteiger partial charge in [0.1, 0.15) is 0 Å². The lowest BCUT2D eigenvalue weighted by Crippen LogP contribution is -2.11. The second kappa shape index (κ2) is 4.45. The Bertz CT molecular complexity index is 400. The lowest BCUT2D eigenvalue weighted by Gasteiger charge is -2.06. The highest BCUT2D eigenvalue weighted by Crippen LogP contribution is 2.18. The van der Waals surface area contributed by atoms with Gasteiger partial charge in [-0.25, -0.2) is 9.59 Å². The zero-order chi connectivity index (χ0) is 11.4. The Morgan fingerprint density at radius 1 is 1.40 bits per heavy atom. The van der Waals surface area contributed by atoms with Gasteiger partial charge in [-0.1, -0.05) is 6.07 Å². The third kappa shape index (κ3) is 2.25. The molecule has 0 saturated carbocycles. The van der Waals surface area contributed by atoms with Gasteiger partial charge in [0.2, 0.25) is 0 Å². The second-order valence-electron chi connectivity index (χ2n) is 2.79. The maximum atomic E-state index is 11.3. The third-order valence-electron chi connectivity index (χ3n) is 1.83. The van der Waals surface area contributed by atoms with Gasteiger partial charge >= 0.3 is 11.9 Å². The Balaban J connectivity index is 3.15. The summed E-state index contributed by atoms with van der Waals surface area (Å²) in [6.07, 6.45) is 0. The van der Waals surface area contributed by atoms with E-state index in [0.717, 1.165) is 0 Å². The molecule has 0 heterocycles. The number of hydrogen-bond donors (Lipinski definition) is 2. The van der Waals surface area contributed by atoms with Gasteiger partial charge in [-0.3, -0.25) is 0 Å². The number of esters is 1. The molecule has 5 heteroatoms. The number of nitrogens with two attached hydrogens (primary N) is 1. The molecule has 0 saturated heterocycles. The minimum Gasteiger partial charge on any atom is -0.478 e.